The SMILES string of the molecule is CC(C)N(CCOC(=O)C1(c2ccccc2)CC(=O)C1)C(C)C.Cl. The van der Waals surface area contributed by atoms with Crippen molar-refractivity contribution in [3.8, 4) is 0 Å². The molecule has 1 aromatic rings. The van der Waals surface area contributed by atoms with Gasteiger partial charge in [-0.1, -0.05) is 30.3 Å². The van der Waals surface area contributed by atoms with Gasteiger partial charge in [-0.25, -0.2) is 0 Å². The zero-order chi connectivity index (χ0) is 17.0. The number of carbonyl (C=O) groups excluding carboxylic acids is 2. The van der Waals surface area contributed by atoms with E-state index in [-0.39, 0.29) is 37.0 Å². The van der Waals surface area contributed by atoms with Crippen molar-refractivity contribution < 1.29 is 14.3 Å². The minimum atomic E-state index is -0.765. The Labute approximate surface area is 151 Å². The van der Waals surface area contributed by atoms with E-state index < -0.39 is 5.41 Å². The first-order valence-corrected chi connectivity index (χ1v) is 8.37. The van der Waals surface area contributed by atoms with E-state index in [0.717, 1.165) is 5.56 Å². The molecule has 0 heterocycles. The number of hydrogen-bond acceptors (Lipinski definition) is 4. The Bertz CT molecular complexity index is 541. The fraction of sp³-hybridized carbons (Fsp3) is 0.579. The Balaban J connectivity index is 0.00000288. The number of rotatable bonds is 7. The van der Waals surface area contributed by atoms with Gasteiger partial charge in [-0.15, -0.1) is 12.4 Å². The summed E-state index contributed by atoms with van der Waals surface area (Å²) in [5.41, 5.74) is 0.118. The van der Waals surface area contributed by atoms with Gasteiger partial charge in [0.05, 0.1) is 0 Å². The van der Waals surface area contributed by atoms with Crippen molar-refractivity contribution >= 4 is 24.2 Å². The normalized spacial score (nSPS) is 16.0. The molecule has 2 rings (SSSR count). The highest BCUT2D eigenvalue weighted by Crippen LogP contribution is 2.42. The third-order valence-corrected chi connectivity index (χ3v) is 4.62. The van der Waals surface area contributed by atoms with E-state index in [1.807, 2.05) is 30.3 Å². The molecular formula is C19H28ClNO3. The minimum absolute atomic E-state index is 0. The number of ether oxygens (including phenoxy) is 1. The van der Waals surface area contributed by atoms with Crippen molar-refractivity contribution in [2.75, 3.05) is 13.2 Å². The van der Waals surface area contributed by atoms with Crippen LogP contribution in [0.15, 0.2) is 30.3 Å². The highest BCUT2D eigenvalue weighted by atomic mass is 35.5. The number of carbonyl (C=O) groups is 2. The van der Waals surface area contributed by atoms with E-state index in [1.54, 1.807) is 0 Å². The topological polar surface area (TPSA) is 46.6 Å². The molecule has 24 heavy (non-hydrogen) atoms. The Kier molecular flexibility index (Phi) is 7.43. The van der Waals surface area contributed by atoms with Crippen LogP contribution in [0.4, 0.5) is 0 Å². The van der Waals surface area contributed by atoms with E-state index in [9.17, 15) is 9.59 Å². The molecule has 0 atom stereocenters. The fourth-order valence-corrected chi connectivity index (χ4v) is 3.34. The molecule has 1 aliphatic carbocycles. The molecule has 0 bridgehead atoms. The molecule has 0 saturated heterocycles. The predicted molar refractivity (Wildman–Crippen MR) is 97.5 cm³/mol. The number of ketones is 1. The quantitative estimate of drug-likeness (QED) is 0.705. The molecule has 1 fully saturated rings. The summed E-state index contributed by atoms with van der Waals surface area (Å²) in [6.07, 6.45) is 0.516. The largest absolute Gasteiger partial charge is 0.464 e. The first-order valence-electron chi connectivity index (χ1n) is 8.37. The lowest BCUT2D eigenvalue weighted by Crippen LogP contribution is -2.50. The molecule has 0 amide bonds. The van der Waals surface area contributed by atoms with Crippen LogP contribution in [-0.2, 0) is 19.7 Å². The van der Waals surface area contributed by atoms with Crippen LogP contribution in [-0.4, -0.2) is 41.9 Å². The van der Waals surface area contributed by atoms with Crippen molar-refractivity contribution in [2.24, 2.45) is 0 Å². The van der Waals surface area contributed by atoms with Crippen molar-refractivity contribution in [1.82, 2.24) is 4.90 Å². The van der Waals surface area contributed by atoms with Crippen LogP contribution >= 0.6 is 12.4 Å². The number of Topliss-reactive ketones (excluding diaryl/α,β-unsaturated/α-hetero) is 1. The number of halogens is 1. The van der Waals surface area contributed by atoms with E-state index in [1.165, 1.54) is 0 Å². The molecule has 1 aliphatic rings. The average molecular weight is 354 g/mol. The highest BCUT2D eigenvalue weighted by molar-refractivity contribution is 6.02. The molecule has 0 radical (unpaired) electrons. The second kappa shape index (κ2) is 8.63. The van der Waals surface area contributed by atoms with Gasteiger partial charge in [-0.05, 0) is 33.3 Å². The first kappa shape index (κ1) is 20.7. The number of benzene rings is 1. The third kappa shape index (κ3) is 4.37. The van der Waals surface area contributed by atoms with Gasteiger partial charge >= 0.3 is 5.97 Å². The van der Waals surface area contributed by atoms with Gasteiger partial charge < -0.3 is 4.74 Å². The van der Waals surface area contributed by atoms with Crippen LogP contribution in [0.2, 0.25) is 0 Å². The van der Waals surface area contributed by atoms with Gasteiger partial charge in [0, 0.05) is 31.5 Å². The first-order chi connectivity index (χ1) is 10.9. The van der Waals surface area contributed by atoms with Gasteiger partial charge in [-0.2, -0.15) is 0 Å². The molecule has 0 aromatic heterocycles. The maximum absolute atomic E-state index is 12.6. The zero-order valence-corrected chi connectivity index (χ0v) is 15.8. The summed E-state index contributed by atoms with van der Waals surface area (Å²) in [4.78, 5) is 26.4. The molecule has 0 aliphatic heterocycles. The molecule has 1 aromatic carbocycles. The molecule has 4 nitrogen and oxygen atoms in total. The summed E-state index contributed by atoms with van der Waals surface area (Å²) in [7, 11) is 0. The second-order valence-electron chi connectivity index (χ2n) is 6.90. The van der Waals surface area contributed by atoms with E-state index in [4.69, 9.17) is 4.74 Å². The predicted octanol–water partition coefficient (Wildman–Crippen LogP) is 3.37. The number of esters is 1. The van der Waals surface area contributed by atoms with Gasteiger partial charge in [0.2, 0.25) is 0 Å². The van der Waals surface area contributed by atoms with Crippen molar-refractivity contribution in [2.45, 2.75) is 58.0 Å². The Morgan fingerprint density at radius 3 is 2.12 bits per heavy atom. The average Bonchev–Trinajstić information content (AvgIpc) is 2.48. The smallest absolute Gasteiger partial charge is 0.317 e. The summed E-state index contributed by atoms with van der Waals surface area (Å²) < 4.78 is 5.55. The van der Waals surface area contributed by atoms with Crippen molar-refractivity contribution in [1.29, 1.82) is 0 Å². The summed E-state index contributed by atoms with van der Waals surface area (Å²) in [6, 6.07) is 10.3. The van der Waals surface area contributed by atoms with Gasteiger partial charge in [0.15, 0.2) is 0 Å². The zero-order valence-electron chi connectivity index (χ0n) is 15.0. The van der Waals surface area contributed by atoms with Crippen LogP contribution in [0.5, 0.6) is 0 Å². The van der Waals surface area contributed by atoms with Crippen LogP contribution in [0, 0.1) is 0 Å². The van der Waals surface area contributed by atoms with Crippen molar-refractivity contribution in [3.63, 3.8) is 0 Å². The Morgan fingerprint density at radius 2 is 1.67 bits per heavy atom. The molecular weight excluding hydrogens is 326 g/mol. The van der Waals surface area contributed by atoms with Gasteiger partial charge in [-0.3, -0.25) is 14.5 Å². The maximum Gasteiger partial charge on any atom is 0.317 e. The standard InChI is InChI=1S/C19H27NO3.ClH/c1-14(2)20(15(3)4)10-11-23-18(22)19(12-17(21)13-19)16-8-6-5-7-9-16;/h5-9,14-15H,10-13H2,1-4H3;1H. The number of hydrogen-bond donors (Lipinski definition) is 0. The number of nitrogens with zero attached hydrogens (tertiary/aromatic N) is 1. The summed E-state index contributed by atoms with van der Waals surface area (Å²) >= 11 is 0. The fourth-order valence-electron chi connectivity index (χ4n) is 3.34. The molecule has 5 heteroatoms. The Morgan fingerprint density at radius 1 is 1.12 bits per heavy atom. The van der Waals surface area contributed by atoms with Crippen molar-refractivity contribution in [3.05, 3.63) is 35.9 Å². The summed E-state index contributed by atoms with van der Waals surface area (Å²) in [5.74, 6) is -0.146. The summed E-state index contributed by atoms with van der Waals surface area (Å²) in [5, 5.41) is 0. The molecule has 0 N–H and O–H groups in total. The monoisotopic (exact) mass is 353 g/mol. The molecule has 0 unspecified atom stereocenters. The lowest BCUT2D eigenvalue weighted by molar-refractivity contribution is -0.159. The van der Waals surface area contributed by atoms with Crippen LogP contribution in [0.25, 0.3) is 0 Å². The van der Waals surface area contributed by atoms with Gasteiger partial charge in [0.25, 0.3) is 0 Å². The second-order valence-corrected chi connectivity index (χ2v) is 6.90. The highest BCUT2D eigenvalue weighted by Gasteiger charge is 2.52. The third-order valence-electron chi connectivity index (χ3n) is 4.62. The van der Waals surface area contributed by atoms with E-state index in [0.29, 0.717) is 25.2 Å². The molecule has 134 valence electrons. The van der Waals surface area contributed by atoms with Gasteiger partial charge in [0.1, 0.15) is 17.8 Å². The maximum atomic E-state index is 12.6. The van der Waals surface area contributed by atoms with Crippen LogP contribution in [0.1, 0.15) is 46.1 Å². The van der Waals surface area contributed by atoms with Crippen LogP contribution < -0.4 is 0 Å². The Hall–Kier alpha value is -1.39. The lowest BCUT2D eigenvalue weighted by atomic mass is 9.63. The van der Waals surface area contributed by atoms with E-state index >= 15 is 0 Å². The molecule has 0 spiro atoms. The van der Waals surface area contributed by atoms with E-state index in [2.05, 4.69) is 32.6 Å². The summed E-state index contributed by atoms with van der Waals surface area (Å²) in [6.45, 7) is 9.61. The van der Waals surface area contributed by atoms with Crippen LogP contribution in [0.3, 0.4) is 0 Å². The minimum Gasteiger partial charge on any atom is -0.464 e. The lowest BCUT2D eigenvalue weighted by Gasteiger charge is -2.38. The molecule has 1 saturated carbocycles.